The molecular weight excluding hydrogens is 296 g/mol. The predicted molar refractivity (Wildman–Crippen MR) is 74.7 cm³/mol. The summed E-state index contributed by atoms with van der Waals surface area (Å²) in [6.07, 6.45) is -0.564. The summed E-state index contributed by atoms with van der Waals surface area (Å²) in [5.41, 5.74) is -2.19. The number of esters is 3. The van der Waals surface area contributed by atoms with Crippen LogP contribution < -0.4 is 0 Å². The highest BCUT2D eigenvalue weighted by molar-refractivity contribution is 5.91. The van der Waals surface area contributed by atoms with E-state index in [0.717, 1.165) is 0 Å². The molecule has 128 valence electrons. The Hall–Kier alpha value is -1.67. The highest BCUT2D eigenvalue weighted by Crippen LogP contribution is 2.32. The van der Waals surface area contributed by atoms with Crippen molar-refractivity contribution < 1.29 is 38.7 Å². The van der Waals surface area contributed by atoms with Crippen LogP contribution in [0.5, 0.6) is 0 Å². The van der Waals surface area contributed by atoms with Crippen LogP contribution in [0.1, 0.15) is 40.5 Å². The van der Waals surface area contributed by atoms with Gasteiger partial charge in [-0.1, -0.05) is 6.92 Å². The summed E-state index contributed by atoms with van der Waals surface area (Å²) in [5.74, 6) is -3.80. The molecule has 2 unspecified atom stereocenters. The maximum atomic E-state index is 12.2. The van der Waals surface area contributed by atoms with Gasteiger partial charge in [0.2, 0.25) is 5.60 Å². The van der Waals surface area contributed by atoms with Gasteiger partial charge in [-0.2, -0.15) is 0 Å². The van der Waals surface area contributed by atoms with Crippen LogP contribution in [0.15, 0.2) is 0 Å². The van der Waals surface area contributed by atoms with Gasteiger partial charge >= 0.3 is 17.9 Å². The average Bonchev–Trinajstić information content (AvgIpc) is 2.47. The third kappa shape index (κ3) is 4.96. The Kier molecular flexibility index (Phi) is 9.35. The lowest BCUT2D eigenvalue weighted by Gasteiger charge is -2.32. The second kappa shape index (κ2) is 10.1. The van der Waals surface area contributed by atoms with Crippen LogP contribution in [0.3, 0.4) is 0 Å². The van der Waals surface area contributed by atoms with Crippen molar-refractivity contribution in [2.45, 2.75) is 46.1 Å². The van der Waals surface area contributed by atoms with Gasteiger partial charge in [-0.25, -0.2) is 9.68 Å². The van der Waals surface area contributed by atoms with Crippen LogP contribution in [0.4, 0.5) is 0 Å². The van der Waals surface area contributed by atoms with E-state index in [2.05, 4.69) is 4.89 Å². The van der Waals surface area contributed by atoms with Gasteiger partial charge < -0.3 is 14.2 Å². The van der Waals surface area contributed by atoms with Gasteiger partial charge in [0.05, 0.1) is 26.2 Å². The monoisotopic (exact) mass is 320 g/mol. The van der Waals surface area contributed by atoms with Crippen LogP contribution in [-0.2, 0) is 33.5 Å². The number of carbonyl (C=O) groups is 3. The van der Waals surface area contributed by atoms with E-state index in [1.54, 1.807) is 27.7 Å². The first-order valence-corrected chi connectivity index (χ1v) is 7.25. The minimum atomic E-state index is -2.19. The van der Waals surface area contributed by atoms with E-state index in [-0.39, 0.29) is 26.2 Å². The fraction of sp³-hybridized carbons (Fsp3) is 0.786. The van der Waals surface area contributed by atoms with Gasteiger partial charge in [-0.3, -0.25) is 14.8 Å². The first kappa shape index (κ1) is 20.3. The Morgan fingerprint density at radius 1 is 0.955 bits per heavy atom. The quantitative estimate of drug-likeness (QED) is 0.278. The van der Waals surface area contributed by atoms with Crippen molar-refractivity contribution in [3.8, 4) is 0 Å². The molecule has 2 atom stereocenters. The van der Waals surface area contributed by atoms with Crippen LogP contribution in [-0.4, -0.2) is 48.6 Å². The summed E-state index contributed by atoms with van der Waals surface area (Å²) in [7, 11) is 0. The van der Waals surface area contributed by atoms with E-state index < -0.39 is 35.8 Å². The zero-order chi connectivity index (χ0) is 17.2. The largest absolute Gasteiger partial charge is 0.466 e. The van der Waals surface area contributed by atoms with Crippen molar-refractivity contribution in [2.75, 3.05) is 19.8 Å². The lowest BCUT2D eigenvalue weighted by atomic mass is 9.82. The Bertz CT molecular complexity index is 381. The zero-order valence-electron chi connectivity index (χ0n) is 13.4. The topological polar surface area (TPSA) is 108 Å². The average molecular weight is 320 g/mol. The molecule has 0 aliphatic carbocycles. The van der Waals surface area contributed by atoms with E-state index in [1.807, 2.05) is 0 Å². The second-order valence-corrected chi connectivity index (χ2v) is 4.40. The number of rotatable bonds is 10. The maximum Gasteiger partial charge on any atom is 0.343 e. The van der Waals surface area contributed by atoms with Crippen molar-refractivity contribution >= 4 is 17.9 Å². The van der Waals surface area contributed by atoms with E-state index in [9.17, 15) is 19.6 Å². The molecule has 0 rings (SSSR count). The molecule has 0 aromatic carbocycles. The normalized spacial score (nSPS) is 14.6. The molecular formula is C14H24O8. The minimum absolute atomic E-state index is 0.00791. The van der Waals surface area contributed by atoms with E-state index >= 15 is 0 Å². The standard InChI is InChI=1S/C14H24O8/c1-5-10(12(16)20-7-3)14(22-18,13(17)21-8-4)9-11(15)19-6-2/h10,18H,5-9H2,1-4H3. The SMILES string of the molecule is CCOC(=O)CC(OO)(C(=O)OCC)C(CC)C(=O)OCC. The molecule has 0 heterocycles. The third-order valence-corrected chi connectivity index (χ3v) is 3.04. The van der Waals surface area contributed by atoms with Gasteiger partial charge in [-0.15, -0.1) is 0 Å². The Labute approximate surface area is 129 Å². The molecule has 8 heteroatoms. The molecule has 0 aromatic heterocycles. The molecule has 22 heavy (non-hydrogen) atoms. The van der Waals surface area contributed by atoms with Gasteiger partial charge in [0.25, 0.3) is 0 Å². The smallest absolute Gasteiger partial charge is 0.343 e. The van der Waals surface area contributed by atoms with Gasteiger partial charge in [0.15, 0.2) is 0 Å². The highest BCUT2D eigenvalue weighted by Gasteiger charge is 2.54. The summed E-state index contributed by atoms with van der Waals surface area (Å²) in [4.78, 5) is 40.3. The predicted octanol–water partition coefficient (Wildman–Crippen LogP) is 1.32. The van der Waals surface area contributed by atoms with Crippen LogP contribution in [0, 0.1) is 5.92 Å². The zero-order valence-corrected chi connectivity index (χ0v) is 13.4. The molecule has 0 radical (unpaired) electrons. The number of carbonyl (C=O) groups excluding carboxylic acids is 3. The van der Waals surface area contributed by atoms with Gasteiger partial charge in [0.1, 0.15) is 5.92 Å². The molecule has 1 N–H and O–H groups in total. The Morgan fingerprint density at radius 2 is 1.50 bits per heavy atom. The van der Waals surface area contributed by atoms with Crippen molar-refractivity contribution in [1.29, 1.82) is 0 Å². The molecule has 0 amide bonds. The summed E-state index contributed by atoms with van der Waals surface area (Å²) in [6.45, 7) is 6.49. The summed E-state index contributed by atoms with van der Waals surface area (Å²) < 4.78 is 14.5. The molecule has 0 aliphatic rings. The van der Waals surface area contributed by atoms with E-state index in [0.29, 0.717) is 0 Å². The van der Waals surface area contributed by atoms with Gasteiger partial charge in [-0.05, 0) is 27.2 Å². The Morgan fingerprint density at radius 3 is 1.91 bits per heavy atom. The van der Waals surface area contributed by atoms with Crippen LogP contribution in [0.2, 0.25) is 0 Å². The van der Waals surface area contributed by atoms with E-state index in [1.165, 1.54) is 0 Å². The minimum Gasteiger partial charge on any atom is -0.466 e. The first-order chi connectivity index (χ1) is 10.4. The van der Waals surface area contributed by atoms with E-state index in [4.69, 9.17) is 14.2 Å². The number of ether oxygens (including phenoxy) is 3. The molecule has 0 fully saturated rings. The number of hydrogen-bond donors (Lipinski definition) is 1. The fourth-order valence-corrected chi connectivity index (χ4v) is 2.08. The van der Waals surface area contributed by atoms with Crippen LogP contribution in [0.25, 0.3) is 0 Å². The first-order valence-electron chi connectivity index (χ1n) is 7.25. The molecule has 0 saturated carbocycles. The third-order valence-electron chi connectivity index (χ3n) is 3.04. The molecule has 0 aliphatic heterocycles. The number of hydrogen-bond acceptors (Lipinski definition) is 8. The lowest BCUT2D eigenvalue weighted by Crippen LogP contribution is -2.53. The van der Waals surface area contributed by atoms with Crippen molar-refractivity contribution in [2.24, 2.45) is 5.92 Å². The summed E-state index contributed by atoms with van der Waals surface area (Å²) in [6, 6.07) is 0. The van der Waals surface area contributed by atoms with Gasteiger partial charge in [0, 0.05) is 0 Å². The summed E-state index contributed by atoms with van der Waals surface area (Å²) >= 11 is 0. The second-order valence-electron chi connectivity index (χ2n) is 4.40. The summed E-state index contributed by atoms with van der Waals surface area (Å²) in [5, 5.41) is 9.29. The molecule has 0 aromatic rings. The molecule has 0 bridgehead atoms. The van der Waals surface area contributed by atoms with Crippen molar-refractivity contribution in [3.05, 3.63) is 0 Å². The molecule has 0 saturated heterocycles. The highest BCUT2D eigenvalue weighted by atomic mass is 17.1. The molecule has 8 nitrogen and oxygen atoms in total. The lowest BCUT2D eigenvalue weighted by molar-refractivity contribution is -0.331. The van der Waals surface area contributed by atoms with Crippen molar-refractivity contribution in [1.82, 2.24) is 0 Å². The maximum absolute atomic E-state index is 12.2. The fourth-order valence-electron chi connectivity index (χ4n) is 2.08. The van der Waals surface area contributed by atoms with Crippen molar-refractivity contribution in [3.63, 3.8) is 0 Å². The van der Waals surface area contributed by atoms with Crippen LogP contribution >= 0.6 is 0 Å². The molecule has 0 spiro atoms. The Balaban J connectivity index is 5.64.